The molecule has 0 saturated heterocycles. The van der Waals surface area contributed by atoms with E-state index in [1.54, 1.807) is 36.7 Å². The minimum absolute atomic E-state index is 0.159. The molecule has 7 nitrogen and oxygen atoms in total. The summed E-state index contributed by atoms with van der Waals surface area (Å²) in [7, 11) is 0. The smallest absolute Gasteiger partial charge is 0.255 e. The van der Waals surface area contributed by atoms with E-state index in [1.807, 2.05) is 60.7 Å². The van der Waals surface area contributed by atoms with E-state index in [0.717, 1.165) is 16.6 Å². The number of rotatable bonds is 5. The van der Waals surface area contributed by atoms with Crippen molar-refractivity contribution in [1.29, 1.82) is 0 Å². The molecule has 3 aromatic carbocycles. The fourth-order valence-corrected chi connectivity index (χ4v) is 3.43. The number of benzene rings is 3. The van der Waals surface area contributed by atoms with E-state index in [0.29, 0.717) is 28.3 Å². The summed E-state index contributed by atoms with van der Waals surface area (Å²) in [5.41, 5.74) is 4.97. The molecule has 33 heavy (non-hydrogen) atoms. The first-order chi connectivity index (χ1) is 16.2. The lowest BCUT2D eigenvalue weighted by atomic mass is 10.1. The molecule has 0 atom stereocenters. The third-order valence-corrected chi connectivity index (χ3v) is 5.13. The number of anilines is 2. The zero-order valence-corrected chi connectivity index (χ0v) is 17.4. The molecule has 0 fully saturated rings. The van der Waals surface area contributed by atoms with Crippen LogP contribution in [0.3, 0.4) is 0 Å². The average molecular weight is 433 g/mol. The highest BCUT2D eigenvalue weighted by atomic mass is 16.2. The van der Waals surface area contributed by atoms with Crippen LogP contribution in [0.4, 0.5) is 11.4 Å². The number of fused-ring (bicyclic) bond motifs is 1. The number of nitrogens with zero attached hydrogens (tertiary/aromatic N) is 2. The van der Waals surface area contributed by atoms with Crippen molar-refractivity contribution in [2.75, 3.05) is 10.6 Å². The normalized spacial score (nSPS) is 10.7. The van der Waals surface area contributed by atoms with Crippen LogP contribution in [0.2, 0.25) is 0 Å². The van der Waals surface area contributed by atoms with Crippen LogP contribution in [0.15, 0.2) is 97.3 Å². The van der Waals surface area contributed by atoms with Gasteiger partial charge in [-0.1, -0.05) is 18.2 Å². The molecular formula is C26H19N5O2. The number of aromatic amines is 1. The Morgan fingerprint density at radius 1 is 0.697 bits per heavy atom. The van der Waals surface area contributed by atoms with Gasteiger partial charge in [-0.25, -0.2) is 4.98 Å². The van der Waals surface area contributed by atoms with Crippen molar-refractivity contribution >= 4 is 34.2 Å². The first kappa shape index (κ1) is 20.1. The van der Waals surface area contributed by atoms with Gasteiger partial charge in [-0.2, -0.15) is 0 Å². The highest BCUT2D eigenvalue weighted by Crippen LogP contribution is 2.24. The van der Waals surface area contributed by atoms with Crippen LogP contribution in [-0.2, 0) is 0 Å². The molecule has 0 aliphatic rings. The third-order valence-electron chi connectivity index (χ3n) is 5.13. The second-order valence-corrected chi connectivity index (χ2v) is 7.40. The molecular weight excluding hydrogens is 414 g/mol. The lowest BCUT2D eigenvalue weighted by Gasteiger charge is -2.06. The maximum Gasteiger partial charge on any atom is 0.255 e. The van der Waals surface area contributed by atoms with Gasteiger partial charge in [0.2, 0.25) is 0 Å². The van der Waals surface area contributed by atoms with Crippen LogP contribution in [0, 0.1) is 0 Å². The monoisotopic (exact) mass is 433 g/mol. The predicted octanol–water partition coefficient (Wildman–Crippen LogP) is 5.13. The highest BCUT2D eigenvalue weighted by molar-refractivity contribution is 6.05. The van der Waals surface area contributed by atoms with Gasteiger partial charge in [0.05, 0.1) is 11.0 Å². The summed E-state index contributed by atoms with van der Waals surface area (Å²) >= 11 is 0. The fourth-order valence-electron chi connectivity index (χ4n) is 3.43. The van der Waals surface area contributed by atoms with Gasteiger partial charge in [-0.3, -0.25) is 14.6 Å². The van der Waals surface area contributed by atoms with Gasteiger partial charge < -0.3 is 15.6 Å². The second-order valence-electron chi connectivity index (χ2n) is 7.40. The molecule has 0 aliphatic heterocycles. The SMILES string of the molecule is O=C(Nc1ccc(-c2nc3ccc(NC(=O)c4ccncc4)cc3[nH]2)cc1)c1ccccc1. The van der Waals surface area contributed by atoms with Crippen molar-refractivity contribution in [2.45, 2.75) is 0 Å². The fraction of sp³-hybridized carbons (Fsp3) is 0. The Morgan fingerprint density at radius 2 is 1.33 bits per heavy atom. The Kier molecular flexibility index (Phi) is 5.35. The molecule has 7 heteroatoms. The van der Waals surface area contributed by atoms with Crippen LogP contribution in [-0.4, -0.2) is 26.8 Å². The van der Waals surface area contributed by atoms with Gasteiger partial charge in [0.25, 0.3) is 11.8 Å². The molecule has 160 valence electrons. The van der Waals surface area contributed by atoms with E-state index in [2.05, 4.69) is 25.6 Å². The Labute approximate surface area is 189 Å². The molecule has 2 aromatic heterocycles. The first-order valence-corrected chi connectivity index (χ1v) is 10.3. The molecule has 2 amide bonds. The van der Waals surface area contributed by atoms with Gasteiger partial charge in [-0.15, -0.1) is 0 Å². The lowest BCUT2D eigenvalue weighted by molar-refractivity contribution is 0.101. The summed E-state index contributed by atoms with van der Waals surface area (Å²) in [4.78, 5) is 36.6. The molecule has 5 aromatic rings. The Morgan fingerprint density at radius 3 is 2.06 bits per heavy atom. The number of amides is 2. The number of carbonyl (C=O) groups is 2. The summed E-state index contributed by atoms with van der Waals surface area (Å²) in [5.74, 6) is 0.335. The van der Waals surface area contributed by atoms with Crippen molar-refractivity contribution in [3.63, 3.8) is 0 Å². The van der Waals surface area contributed by atoms with E-state index in [1.165, 1.54) is 0 Å². The number of H-pyrrole nitrogens is 1. The molecule has 0 aliphatic carbocycles. The van der Waals surface area contributed by atoms with Crippen molar-refractivity contribution in [3.05, 3.63) is 108 Å². The van der Waals surface area contributed by atoms with Crippen LogP contribution in [0.25, 0.3) is 22.4 Å². The number of pyridine rings is 1. The quantitative estimate of drug-likeness (QED) is 0.358. The Balaban J connectivity index is 1.31. The summed E-state index contributed by atoms with van der Waals surface area (Å²) in [6, 6.07) is 25.4. The zero-order chi connectivity index (χ0) is 22.6. The van der Waals surface area contributed by atoms with E-state index >= 15 is 0 Å². The van der Waals surface area contributed by atoms with Gasteiger partial charge in [0, 0.05) is 40.5 Å². The highest BCUT2D eigenvalue weighted by Gasteiger charge is 2.10. The maximum atomic E-state index is 12.4. The Hall–Kier alpha value is -4.78. The van der Waals surface area contributed by atoms with Crippen molar-refractivity contribution in [3.8, 4) is 11.4 Å². The molecule has 0 spiro atoms. The summed E-state index contributed by atoms with van der Waals surface area (Å²) in [6.45, 7) is 0. The predicted molar refractivity (Wildman–Crippen MR) is 128 cm³/mol. The van der Waals surface area contributed by atoms with E-state index in [-0.39, 0.29) is 11.8 Å². The molecule has 0 radical (unpaired) electrons. The number of nitrogens with one attached hydrogen (secondary N) is 3. The number of hydrogen-bond acceptors (Lipinski definition) is 4. The van der Waals surface area contributed by atoms with Crippen LogP contribution in [0.5, 0.6) is 0 Å². The van der Waals surface area contributed by atoms with E-state index < -0.39 is 0 Å². The Bertz CT molecular complexity index is 1430. The number of aromatic nitrogens is 3. The third kappa shape index (κ3) is 4.47. The number of hydrogen-bond donors (Lipinski definition) is 3. The van der Waals surface area contributed by atoms with Gasteiger partial charge >= 0.3 is 0 Å². The standard InChI is InChI=1S/C26H19N5O2/c32-25(18-4-2-1-3-5-18)28-20-8-6-17(7-9-20)24-30-22-11-10-21(16-23(22)31-24)29-26(33)19-12-14-27-15-13-19/h1-16H,(H,28,32)(H,29,33)(H,30,31). The lowest BCUT2D eigenvalue weighted by Crippen LogP contribution is -2.11. The van der Waals surface area contributed by atoms with Crippen LogP contribution < -0.4 is 10.6 Å². The molecule has 0 saturated carbocycles. The molecule has 2 heterocycles. The van der Waals surface area contributed by atoms with Gasteiger partial charge in [-0.05, 0) is 66.7 Å². The van der Waals surface area contributed by atoms with Crippen LogP contribution >= 0.6 is 0 Å². The van der Waals surface area contributed by atoms with Crippen LogP contribution in [0.1, 0.15) is 20.7 Å². The van der Waals surface area contributed by atoms with Gasteiger partial charge in [0.1, 0.15) is 5.82 Å². The summed E-state index contributed by atoms with van der Waals surface area (Å²) in [6.07, 6.45) is 3.16. The van der Waals surface area contributed by atoms with Crippen molar-refractivity contribution in [2.24, 2.45) is 0 Å². The second kappa shape index (κ2) is 8.76. The van der Waals surface area contributed by atoms with E-state index in [4.69, 9.17) is 0 Å². The minimum Gasteiger partial charge on any atom is -0.338 e. The molecule has 0 unspecified atom stereocenters. The van der Waals surface area contributed by atoms with E-state index in [9.17, 15) is 9.59 Å². The minimum atomic E-state index is -0.204. The number of imidazole rings is 1. The topological polar surface area (TPSA) is 99.8 Å². The molecule has 5 rings (SSSR count). The first-order valence-electron chi connectivity index (χ1n) is 10.3. The molecule has 3 N–H and O–H groups in total. The van der Waals surface area contributed by atoms with Crippen molar-refractivity contribution < 1.29 is 9.59 Å². The average Bonchev–Trinajstić information content (AvgIpc) is 3.29. The summed E-state index contributed by atoms with van der Waals surface area (Å²) < 4.78 is 0. The summed E-state index contributed by atoms with van der Waals surface area (Å²) in [5, 5.41) is 5.77. The molecule has 0 bridgehead atoms. The number of carbonyl (C=O) groups excluding carboxylic acids is 2. The van der Waals surface area contributed by atoms with Gasteiger partial charge in [0.15, 0.2) is 0 Å². The zero-order valence-electron chi connectivity index (χ0n) is 17.4. The maximum absolute atomic E-state index is 12.4. The largest absolute Gasteiger partial charge is 0.338 e. The van der Waals surface area contributed by atoms with Crippen molar-refractivity contribution in [1.82, 2.24) is 15.0 Å².